The van der Waals surface area contributed by atoms with E-state index in [0.29, 0.717) is 12.5 Å². The highest BCUT2D eigenvalue weighted by atomic mass is 16.5. The summed E-state index contributed by atoms with van der Waals surface area (Å²) in [6.07, 6.45) is 1.77. The van der Waals surface area contributed by atoms with Crippen LogP contribution in [-0.2, 0) is 0 Å². The van der Waals surface area contributed by atoms with Crippen LogP contribution in [0.2, 0.25) is 0 Å². The van der Waals surface area contributed by atoms with Crippen molar-refractivity contribution >= 4 is 11.0 Å². The molecule has 4 rings (SSSR count). The first-order chi connectivity index (χ1) is 12.8. The van der Waals surface area contributed by atoms with Crippen molar-refractivity contribution in [3.63, 3.8) is 0 Å². The Morgan fingerprint density at radius 3 is 2.46 bits per heavy atom. The van der Waals surface area contributed by atoms with Crippen molar-refractivity contribution in [2.75, 3.05) is 13.7 Å². The minimum Gasteiger partial charge on any atom is -0.494 e. The fourth-order valence-electron chi connectivity index (χ4n) is 2.87. The molecule has 3 heterocycles. The highest BCUT2D eigenvalue weighted by molar-refractivity contribution is 5.85. The van der Waals surface area contributed by atoms with Crippen LogP contribution in [0.4, 0.5) is 0 Å². The minimum absolute atomic E-state index is 0.590. The number of pyridine rings is 2. The molecule has 0 saturated carbocycles. The summed E-state index contributed by atoms with van der Waals surface area (Å²) in [6, 6.07) is 18.0. The van der Waals surface area contributed by atoms with Crippen molar-refractivity contribution in [2.45, 2.75) is 6.92 Å². The summed E-state index contributed by atoms with van der Waals surface area (Å²) < 4.78 is 10.6. The summed E-state index contributed by atoms with van der Waals surface area (Å²) in [5.41, 5.74) is 4.79. The van der Waals surface area contributed by atoms with E-state index in [1.165, 1.54) is 0 Å². The van der Waals surface area contributed by atoms with E-state index in [1.807, 2.05) is 49.4 Å². The number of ether oxygens (including phenoxy) is 2. The molecular formula is C21H19N3O2. The van der Waals surface area contributed by atoms with Gasteiger partial charge in [0.05, 0.1) is 19.4 Å². The van der Waals surface area contributed by atoms with Gasteiger partial charge >= 0.3 is 0 Å². The molecule has 0 aliphatic heterocycles. The molecule has 0 amide bonds. The molecule has 0 bridgehead atoms. The Hall–Kier alpha value is -3.34. The van der Waals surface area contributed by atoms with Crippen LogP contribution >= 0.6 is 0 Å². The molecule has 4 aromatic rings. The van der Waals surface area contributed by atoms with Crippen molar-refractivity contribution < 1.29 is 9.47 Å². The minimum atomic E-state index is 0.590. The number of hydrogen-bond acceptors (Lipinski definition) is 4. The third kappa shape index (κ3) is 3.11. The molecular weight excluding hydrogens is 326 g/mol. The average molecular weight is 345 g/mol. The number of methoxy groups -OCH3 is 1. The summed E-state index contributed by atoms with van der Waals surface area (Å²) in [7, 11) is 1.60. The van der Waals surface area contributed by atoms with Gasteiger partial charge in [-0.15, -0.1) is 0 Å². The predicted molar refractivity (Wildman–Crippen MR) is 102 cm³/mol. The Kier molecular flexibility index (Phi) is 4.27. The van der Waals surface area contributed by atoms with E-state index in [4.69, 9.17) is 14.5 Å². The Morgan fingerprint density at radius 1 is 0.962 bits per heavy atom. The molecule has 0 spiro atoms. The van der Waals surface area contributed by atoms with E-state index >= 15 is 0 Å². The topological polar surface area (TPSA) is 60.0 Å². The molecule has 130 valence electrons. The smallest absolute Gasteiger partial charge is 0.212 e. The number of H-pyrrole nitrogens is 1. The monoisotopic (exact) mass is 345 g/mol. The van der Waals surface area contributed by atoms with Crippen molar-refractivity contribution in [1.82, 2.24) is 15.0 Å². The lowest BCUT2D eigenvalue weighted by molar-refractivity contribution is 0.340. The normalized spacial score (nSPS) is 10.8. The maximum absolute atomic E-state index is 5.50. The summed E-state index contributed by atoms with van der Waals surface area (Å²) in [5, 5.41) is 1.07. The van der Waals surface area contributed by atoms with Crippen LogP contribution in [0.15, 0.2) is 60.8 Å². The standard InChI is InChI=1S/C21H19N3O2/c1-3-26-17-8-4-14(5-9-17)19-12-15-6-10-18(23-21(15)24-19)16-7-11-20(25-2)22-13-16/h4-13H,3H2,1-2H3,(H,23,24). The molecule has 0 radical (unpaired) electrons. The molecule has 0 aliphatic rings. The lowest BCUT2D eigenvalue weighted by atomic mass is 10.1. The highest BCUT2D eigenvalue weighted by Crippen LogP contribution is 2.27. The van der Waals surface area contributed by atoms with Crippen LogP contribution in [0.5, 0.6) is 11.6 Å². The van der Waals surface area contributed by atoms with Crippen molar-refractivity contribution in [3.8, 4) is 34.1 Å². The lowest BCUT2D eigenvalue weighted by Crippen LogP contribution is -1.90. The van der Waals surface area contributed by atoms with Gasteiger partial charge in [-0.25, -0.2) is 9.97 Å². The maximum atomic E-state index is 5.50. The Morgan fingerprint density at radius 2 is 1.77 bits per heavy atom. The van der Waals surface area contributed by atoms with Crippen LogP contribution in [0, 0.1) is 0 Å². The first kappa shape index (κ1) is 16.1. The van der Waals surface area contributed by atoms with Crippen molar-refractivity contribution in [3.05, 3.63) is 60.8 Å². The van der Waals surface area contributed by atoms with Gasteiger partial charge in [0, 0.05) is 28.9 Å². The second-order valence-corrected chi connectivity index (χ2v) is 5.86. The fourth-order valence-corrected chi connectivity index (χ4v) is 2.87. The van der Waals surface area contributed by atoms with Gasteiger partial charge in [-0.1, -0.05) is 0 Å². The van der Waals surface area contributed by atoms with Crippen LogP contribution in [-0.4, -0.2) is 28.7 Å². The molecule has 26 heavy (non-hydrogen) atoms. The van der Waals surface area contributed by atoms with Gasteiger partial charge in [0.15, 0.2) is 0 Å². The molecule has 0 fully saturated rings. The number of nitrogens with zero attached hydrogens (tertiary/aromatic N) is 2. The van der Waals surface area contributed by atoms with Gasteiger partial charge in [-0.3, -0.25) is 0 Å². The van der Waals surface area contributed by atoms with E-state index < -0.39 is 0 Å². The Labute approximate surface area is 151 Å². The van der Waals surface area contributed by atoms with E-state index in [1.54, 1.807) is 13.3 Å². The number of fused-ring (bicyclic) bond motifs is 1. The van der Waals surface area contributed by atoms with Crippen LogP contribution < -0.4 is 9.47 Å². The number of hydrogen-bond donors (Lipinski definition) is 1. The molecule has 0 saturated heterocycles. The molecule has 1 aromatic carbocycles. The van der Waals surface area contributed by atoms with Gasteiger partial charge in [0.2, 0.25) is 5.88 Å². The molecule has 1 N–H and O–H groups in total. The zero-order valence-electron chi connectivity index (χ0n) is 14.7. The number of aromatic nitrogens is 3. The third-order valence-corrected chi connectivity index (χ3v) is 4.20. The fraction of sp³-hybridized carbons (Fsp3) is 0.143. The zero-order valence-corrected chi connectivity index (χ0v) is 14.7. The van der Waals surface area contributed by atoms with Gasteiger partial charge in [-0.05, 0) is 61.0 Å². The number of aromatic amines is 1. The summed E-state index contributed by atoms with van der Waals surface area (Å²) >= 11 is 0. The maximum Gasteiger partial charge on any atom is 0.212 e. The van der Waals surface area contributed by atoms with Crippen LogP contribution in [0.25, 0.3) is 33.5 Å². The highest BCUT2D eigenvalue weighted by Gasteiger charge is 2.07. The first-order valence-corrected chi connectivity index (χ1v) is 8.50. The summed E-state index contributed by atoms with van der Waals surface area (Å²) in [4.78, 5) is 12.4. The lowest BCUT2D eigenvalue weighted by Gasteiger charge is -2.03. The SMILES string of the molecule is CCOc1ccc(-c2cc3ccc(-c4ccc(OC)nc4)nc3[nH]2)cc1. The van der Waals surface area contributed by atoms with Crippen LogP contribution in [0.1, 0.15) is 6.92 Å². The summed E-state index contributed by atoms with van der Waals surface area (Å²) in [6.45, 7) is 2.64. The van der Waals surface area contributed by atoms with Crippen LogP contribution in [0.3, 0.4) is 0 Å². The molecule has 0 aliphatic carbocycles. The van der Waals surface area contributed by atoms with E-state index in [-0.39, 0.29) is 0 Å². The predicted octanol–water partition coefficient (Wildman–Crippen LogP) is 4.70. The largest absolute Gasteiger partial charge is 0.494 e. The Bertz CT molecular complexity index is 1020. The molecule has 5 nitrogen and oxygen atoms in total. The van der Waals surface area contributed by atoms with Crippen molar-refractivity contribution in [2.24, 2.45) is 0 Å². The van der Waals surface area contributed by atoms with E-state index in [9.17, 15) is 0 Å². The quantitative estimate of drug-likeness (QED) is 0.569. The first-order valence-electron chi connectivity index (χ1n) is 8.50. The average Bonchev–Trinajstić information content (AvgIpc) is 3.12. The molecule has 5 heteroatoms. The van der Waals surface area contributed by atoms with E-state index in [0.717, 1.165) is 39.3 Å². The van der Waals surface area contributed by atoms with Crippen molar-refractivity contribution in [1.29, 1.82) is 0 Å². The molecule has 0 unspecified atom stereocenters. The third-order valence-electron chi connectivity index (χ3n) is 4.20. The number of nitrogens with one attached hydrogen (secondary N) is 1. The summed E-state index contributed by atoms with van der Waals surface area (Å²) in [5.74, 6) is 1.47. The second-order valence-electron chi connectivity index (χ2n) is 5.86. The number of rotatable bonds is 5. The second kappa shape index (κ2) is 6.88. The van der Waals surface area contributed by atoms with Gasteiger partial charge in [-0.2, -0.15) is 0 Å². The molecule has 0 atom stereocenters. The van der Waals surface area contributed by atoms with Gasteiger partial charge < -0.3 is 14.5 Å². The van der Waals surface area contributed by atoms with Gasteiger partial charge in [0.25, 0.3) is 0 Å². The molecule has 3 aromatic heterocycles. The Balaban J connectivity index is 1.66. The van der Waals surface area contributed by atoms with E-state index in [2.05, 4.69) is 22.1 Å². The van der Waals surface area contributed by atoms with Gasteiger partial charge in [0.1, 0.15) is 11.4 Å². The zero-order chi connectivity index (χ0) is 17.9. The number of benzene rings is 1.